The van der Waals surface area contributed by atoms with E-state index >= 15 is 0 Å². The fraction of sp³-hybridized carbons (Fsp3) is 0.929. The van der Waals surface area contributed by atoms with Crippen LogP contribution in [-0.4, -0.2) is 36.2 Å². The third-order valence-electron chi connectivity index (χ3n) is 3.93. The van der Waals surface area contributed by atoms with E-state index in [0.29, 0.717) is 13.1 Å². The maximum Gasteiger partial charge on any atom is 0.233 e. The first-order chi connectivity index (χ1) is 8.59. The lowest BCUT2D eigenvalue weighted by molar-refractivity contribution is -0.120. The number of hydrogen-bond donors (Lipinski definition) is 3. The highest BCUT2D eigenvalue weighted by Crippen LogP contribution is 2.33. The second kappa shape index (κ2) is 7.74. The minimum absolute atomic E-state index is 0.0164. The zero-order valence-corrected chi connectivity index (χ0v) is 11.8. The van der Waals surface area contributed by atoms with Gasteiger partial charge >= 0.3 is 0 Å². The largest absolute Gasteiger partial charge is 0.389 e. The van der Waals surface area contributed by atoms with Crippen LogP contribution < -0.4 is 10.6 Å². The second-order valence-corrected chi connectivity index (χ2v) is 5.53. The Morgan fingerprint density at radius 2 is 2.00 bits per heavy atom. The third kappa shape index (κ3) is 5.36. The first kappa shape index (κ1) is 15.4. The third-order valence-corrected chi connectivity index (χ3v) is 3.93. The summed E-state index contributed by atoms with van der Waals surface area (Å²) in [6, 6.07) is 0. The Morgan fingerprint density at radius 3 is 2.56 bits per heavy atom. The number of carbonyl (C=O) groups is 1. The van der Waals surface area contributed by atoms with E-state index in [0.717, 1.165) is 44.6 Å². The molecule has 0 aromatic carbocycles. The number of amides is 1. The van der Waals surface area contributed by atoms with E-state index in [4.69, 9.17) is 0 Å². The Morgan fingerprint density at radius 1 is 1.33 bits per heavy atom. The molecule has 0 aliphatic heterocycles. The second-order valence-electron chi connectivity index (χ2n) is 5.53. The fourth-order valence-electron chi connectivity index (χ4n) is 2.54. The number of hydrogen-bond acceptors (Lipinski definition) is 3. The molecule has 4 heteroatoms. The van der Waals surface area contributed by atoms with Gasteiger partial charge in [-0.1, -0.05) is 20.3 Å². The minimum Gasteiger partial charge on any atom is -0.389 e. The molecule has 1 fully saturated rings. The van der Waals surface area contributed by atoms with Gasteiger partial charge in [-0.05, 0) is 38.0 Å². The van der Waals surface area contributed by atoms with Gasteiger partial charge < -0.3 is 15.7 Å². The predicted molar refractivity (Wildman–Crippen MR) is 73.4 cm³/mol. The van der Waals surface area contributed by atoms with E-state index < -0.39 is 5.60 Å². The lowest BCUT2D eigenvalue weighted by Gasteiger charge is -2.35. The Bertz CT molecular complexity index is 248. The van der Waals surface area contributed by atoms with E-state index in [1.807, 2.05) is 6.92 Å². The van der Waals surface area contributed by atoms with Crippen LogP contribution in [0.25, 0.3) is 0 Å². The molecule has 1 saturated carbocycles. The minimum atomic E-state index is -0.600. The Balaban J connectivity index is 2.16. The highest BCUT2D eigenvalue weighted by Gasteiger charge is 2.32. The molecular weight excluding hydrogens is 228 g/mol. The van der Waals surface area contributed by atoms with Gasteiger partial charge in [-0.2, -0.15) is 0 Å². The molecule has 1 aliphatic carbocycles. The lowest BCUT2D eigenvalue weighted by Crippen LogP contribution is -2.46. The summed E-state index contributed by atoms with van der Waals surface area (Å²) in [5.41, 5.74) is -0.600. The summed E-state index contributed by atoms with van der Waals surface area (Å²) in [6.45, 7) is 5.80. The van der Waals surface area contributed by atoms with Crippen molar-refractivity contribution in [2.45, 2.75) is 58.0 Å². The van der Waals surface area contributed by atoms with Crippen LogP contribution in [0.2, 0.25) is 0 Å². The molecule has 1 rings (SSSR count). The number of rotatable bonds is 7. The van der Waals surface area contributed by atoms with Crippen molar-refractivity contribution in [1.82, 2.24) is 10.6 Å². The number of nitrogens with one attached hydrogen (secondary N) is 2. The Labute approximate surface area is 111 Å². The van der Waals surface area contributed by atoms with E-state index in [1.54, 1.807) is 0 Å². The number of carbonyl (C=O) groups excluding carboxylic acids is 1. The average Bonchev–Trinajstić information content (AvgIpc) is 2.37. The van der Waals surface area contributed by atoms with Gasteiger partial charge in [0.15, 0.2) is 0 Å². The van der Waals surface area contributed by atoms with Gasteiger partial charge in [0.2, 0.25) is 5.91 Å². The molecule has 0 unspecified atom stereocenters. The molecule has 0 atom stereocenters. The van der Waals surface area contributed by atoms with Crippen LogP contribution >= 0.6 is 0 Å². The van der Waals surface area contributed by atoms with Gasteiger partial charge in [-0.15, -0.1) is 0 Å². The first-order valence-electron chi connectivity index (χ1n) is 7.29. The van der Waals surface area contributed by atoms with Crippen molar-refractivity contribution in [2.75, 3.05) is 19.6 Å². The smallest absolute Gasteiger partial charge is 0.233 e. The highest BCUT2D eigenvalue weighted by molar-refractivity contribution is 5.77. The van der Waals surface area contributed by atoms with Gasteiger partial charge in [-0.25, -0.2) is 0 Å². The van der Waals surface area contributed by atoms with Crippen molar-refractivity contribution < 1.29 is 9.90 Å². The monoisotopic (exact) mass is 256 g/mol. The van der Waals surface area contributed by atoms with Crippen molar-refractivity contribution >= 4 is 5.91 Å². The van der Waals surface area contributed by atoms with Crippen LogP contribution in [0.3, 0.4) is 0 Å². The van der Waals surface area contributed by atoms with Crippen molar-refractivity contribution in [1.29, 1.82) is 0 Å². The first-order valence-corrected chi connectivity index (χ1v) is 7.29. The zero-order valence-electron chi connectivity index (χ0n) is 11.8. The molecule has 1 amide bonds. The standard InChI is InChI=1S/C14H28N2O2/c1-3-9-16-13(17)10-15-11-14(18)7-5-12(4-2)6-8-14/h12,15,18H,3-11H2,1-2H3,(H,16,17). The van der Waals surface area contributed by atoms with Crippen LogP contribution in [0, 0.1) is 5.92 Å². The lowest BCUT2D eigenvalue weighted by atomic mass is 9.78. The Kier molecular flexibility index (Phi) is 6.65. The van der Waals surface area contributed by atoms with E-state index in [-0.39, 0.29) is 5.91 Å². The summed E-state index contributed by atoms with van der Waals surface area (Å²) in [7, 11) is 0. The topological polar surface area (TPSA) is 61.4 Å². The van der Waals surface area contributed by atoms with E-state index in [9.17, 15) is 9.90 Å². The van der Waals surface area contributed by atoms with Gasteiger partial charge in [0.1, 0.15) is 0 Å². The molecular formula is C14H28N2O2. The molecule has 0 aromatic rings. The molecule has 0 radical (unpaired) electrons. The molecule has 3 N–H and O–H groups in total. The van der Waals surface area contributed by atoms with Crippen molar-refractivity contribution in [2.24, 2.45) is 5.92 Å². The van der Waals surface area contributed by atoms with Crippen molar-refractivity contribution in [3.8, 4) is 0 Å². The molecule has 0 heterocycles. The van der Waals surface area contributed by atoms with Crippen molar-refractivity contribution in [3.63, 3.8) is 0 Å². The van der Waals surface area contributed by atoms with Gasteiger partial charge in [-0.3, -0.25) is 4.79 Å². The summed E-state index contributed by atoms with van der Waals surface area (Å²) in [6.07, 6.45) is 6.09. The predicted octanol–water partition coefficient (Wildman–Crippen LogP) is 1.43. The van der Waals surface area contributed by atoms with E-state index in [1.165, 1.54) is 6.42 Å². The zero-order chi connectivity index (χ0) is 13.4. The Hall–Kier alpha value is -0.610. The molecule has 0 spiro atoms. The van der Waals surface area contributed by atoms with Crippen LogP contribution in [0.4, 0.5) is 0 Å². The quantitative estimate of drug-likeness (QED) is 0.646. The molecule has 18 heavy (non-hydrogen) atoms. The van der Waals surface area contributed by atoms with Gasteiger partial charge in [0.25, 0.3) is 0 Å². The van der Waals surface area contributed by atoms with Crippen LogP contribution in [-0.2, 0) is 4.79 Å². The maximum atomic E-state index is 11.4. The van der Waals surface area contributed by atoms with E-state index in [2.05, 4.69) is 17.6 Å². The SMILES string of the molecule is CCCNC(=O)CNCC1(O)CCC(CC)CC1. The fourth-order valence-corrected chi connectivity index (χ4v) is 2.54. The van der Waals surface area contributed by atoms with Crippen LogP contribution in [0.1, 0.15) is 52.4 Å². The number of aliphatic hydroxyl groups is 1. The van der Waals surface area contributed by atoms with Crippen molar-refractivity contribution in [3.05, 3.63) is 0 Å². The molecule has 0 saturated heterocycles. The maximum absolute atomic E-state index is 11.4. The summed E-state index contributed by atoms with van der Waals surface area (Å²) >= 11 is 0. The molecule has 1 aliphatic rings. The molecule has 106 valence electrons. The van der Waals surface area contributed by atoms with Crippen LogP contribution in [0.15, 0.2) is 0 Å². The molecule has 0 aromatic heterocycles. The normalized spacial score (nSPS) is 28.1. The van der Waals surface area contributed by atoms with Gasteiger partial charge in [0, 0.05) is 13.1 Å². The van der Waals surface area contributed by atoms with Gasteiger partial charge in [0.05, 0.1) is 12.1 Å². The molecule has 0 bridgehead atoms. The highest BCUT2D eigenvalue weighted by atomic mass is 16.3. The average molecular weight is 256 g/mol. The molecule has 4 nitrogen and oxygen atoms in total. The summed E-state index contributed by atoms with van der Waals surface area (Å²) in [4.78, 5) is 11.4. The summed E-state index contributed by atoms with van der Waals surface area (Å²) in [5.74, 6) is 0.792. The van der Waals surface area contributed by atoms with Crippen LogP contribution in [0.5, 0.6) is 0 Å². The summed E-state index contributed by atoms with van der Waals surface area (Å²) in [5, 5.41) is 16.3. The summed E-state index contributed by atoms with van der Waals surface area (Å²) < 4.78 is 0.